The topological polar surface area (TPSA) is 156 Å². The first-order valence-electron chi connectivity index (χ1n) is 5.10. The van der Waals surface area contributed by atoms with Gasteiger partial charge in [0.25, 0.3) is 0 Å². The molecule has 0 bridgehead atoms. The zero-order valence-corrected chi connectivity index (χ0v) is 10.00. The van der Waals surface area contributed by atoms with Gasteiger partial charge in [-0.1, -0.05) is 0 Å². The van der Waals surface area contributed by atoms with Crippen molar-refractivity contribution in [3.05, 3.63) is 0 Å². The summed E-state index contributed by atoms with van der Waals surface area (Å²) < 4.78 is 0. The molecular weight excluding hydrogens is 192 g/mol. The summed E-state index contributed by atoms with van der Waals surface area (Å²) in [6.45, 7) is 6.22. The molecule has 6 nitrogen and oxygen atoms in total. The van der Waals surface area contributed by atoms with E-state index >= 15 is 0 Å². The van der Waals surface area contributed by atoms with Gasteiger partial charge in [-0.05, 0) is 13.8 Å². The fourth-order valence-corrected chi connectivity index (χ4v) is 0.500. The second kappa shape index (κ2) is 7.98. The zero-order chi connectivity index (χ0) is 12.5. The quantitative estimate of drug-likeness (QED) is 0.300. The zero-order valence-electron chi connectivity index (χ0n) is 10.00. The molecule has 6 heteroatoms. The lowest BCUT2D eigenvalue weighted by molar-refractivity contribution is 0.333. The van der Waals surface area contributed by atoms with Gasteiger partial charge < -0.3 is 34.4 Å². The molecule has 0 aliphatic heterocycles. The van der Waals surface area contributed by atoms with E-state index in [-0.39, 0.29) is 11.0 Å². The minimum Gasteiger partial charge on any atom is -0.330 e. The third kappa shape index (κ3) is 8.73. The molecule has 0 spiro atoms. The summed E-state index contributed by atoms with van der Waals surface area (Å²) in [6, 6.07) is 0. The molecule has 0 fully saturated rings. The fraction of sp³-hybridized carbons (Fsp3) is 1.00. The van der Waals surface area contributed by atoms with Gasteiger partial charge in [0.1, 0.15) is 0 Å². The Morgan fingerprint density at radius 3 is 0.867 bits per heavy atom. The van der Waals surface area contributed by atoms with E-state index in [9.17, 15) is 0 Å². The molecule has 0 heterocycles. The van der Waals surface area contributed by atoms with Crippen molar-refractivity contribution in [1.82, 2.24) is 0 Å². The maximum Gasteiger partial charge on any atom is 0.0221 e. The average molecular weight is 220 g/mol. The highest BCUT2D eigenvalue weighted by molar-refractivity contribution is 4.82. The SMILES string of the molecule is CC(C)(N)CN.NCC(CN)(CN)CN. The van der Waals surface area contributed by atoms with Gasteiger partial charge in [-0.2, -0.15) is 0 Å². The van der Waals surface area contributed by atoms with Gasteiger partial charge >= 0.3 is 0 Å². The Bertz CT molecular complexity index is 121. The molecule has 0 atom stereocenters. The lowest BCUT2D eigenvalue weighted by Crippen LogP contribution is -2.49. The van der Waals surface area contributed by atoms with Crippen LogP contribution in [0.3, 0.4) is 0 Å². The van der Waals surface area contributed by atoms with E-state index < -0.39 is 0 Å². The van der Waals surface area contributed by atoms with Crippen LogP contribution in [0.2, 0.25) is 0 Å². The number of hydrogen-bond donors (Lipinski definition) is 6. The second-order valence-electron chi connectivity index (χ2n) is 4.51. The Kier molecular flexibility index (Phi) is 9.13. The number of nitrogens with two attached hydrogens (primary N) is 6. The molecule has 0 saturated heterocycles. The molecule has 0 amide bonds. The van der Waals surface area contributed by atoms with E-state index in [1.165, 1.54) is 0 Å². The van der Waals surface area contributed by atoms with Crippen LogP contribution in [0.25, 0.3) is 0 Å². The Morgan fingerprint density at radius 2 is 0.867 bits per heavy atom. The Labute approximate surface area is 92.7 Å². The van der Waals surface area contributed by atoms with Gasteiger partial charge in [0, 0.05) is 43.7 Å². The van der Waals surface area contributed by atoms with Crippen molar-refractivity contribution in [3.63, 3.8) is 0 Å². The van der Waals surface area contributed by atoms with Crippen LogP contribution in [0, 0.1) is 5.41 Å². The molecule has 0 radical (unpaired) electrons. The first kappa shape index (κ1) is 17.2. The maximum atomic E-state index is 5.41. The van der Waals surface area contributed by atoms with E-state index in [2.05, 4.69) is 0 Å². The summed E-state index contributed by atoms with van der Waals surface area (Å²) in [6.07, 6.45) is 0. The van der Waals surface area contributed by atoms with Crippen LogP contribution in [0.15, 0.2) is 0 Å². The van der Waals surface area contributed by atoms with Crippen LogP contribution in [-0.2, 0) is 0 Å². The van der Waals surface area contributed by atoms with E-state index in [4.69, 9.17) is 34.4 Å². The predicted molar refractivity (Wildman–Crippen MR) is 66.0 cm³/mol. The summed E-state index contributed by atoms with van der Waals surface area (Å²) in [5.74, 6) is 0. The third-order valence-electron chi connectivity index (χ3n) is 2.26. The van der Waals surface area contributed by atoms with Crippen molar-refractivity contribution in [2.75, 3.05) is 32.7 Å². The highest BCUT2D eigenvalue weighted by Gasteiger charge is 2.22. The lowest BCUT2D eigenvalue weighted by atomic mass is 9.89. The molecule has 94 valence electrons. The Hall–Kier alpha value is -0.240. The molecular formula is C9H28N6. The summed E-state index contributed by atoms with van der Waals surface area (Å²) in [7, 11) is 0. The first-order valence-corrected chi connectivity index (χ1v) is 5.10. The minimum absolute atomic E-state index is 0.181. The Balaban J connectivity index is 0. The molecule has 0 aromatic heterocycles. The van der Waals surface area contributed by atoms with Crippen LogP contribution in [0.4, 0.5) is 0 Å². The largest absolute Gasteiger partial charge is 0.330 e. The molecule has 0 unspecified atom stereocenters. The van der Waals surface area contributed by atoms with Crippen molar-refractivity contribution in [2.24, 2.45) is 39.8 Å². The van der Waals surface area contributed by atoms with Crippen molar-refractivity contribution < 1.29 is 0 Å². The molecule has 15 heavy (non-hydrogen) atoms. The third-order valence-corrected chi connectivity index (χ3v) is 2.26. The van der Waals surface area contributed by atoms with Gasteiger partial charge in [-0.15, -0.1) is 0 Å². The van der Waals surface area contributed by atoms with Gasteiger partial charge in [-0.25, -0.2) is 0 Å². The molecule has 0 saturated carbocycles. The van der Waals surface area contributed by atoms with Gasteiger partial charge in [0.05, 0.1) is 0 Å². The van der Waals surface area contributed by atoms with Gasteiger partial charge in [0.15, 0.2) is 0 Å². The molecule has 0 aliphatic rings. The van der Waals surface area contributed by atoms with E-state index in [0.29, 0.717) is 32.7 Å². The molecule has 0 aromatic rings. The van der Waals surface area contributed by atoms with Crippen LogP contribution >= 0.6 is 0 Å². The fourth-order valence-electron chi connectivity index (χ4n) is 0.500. The van der Waals surface area contributed by atoms with Crippen LogP contribution in [-0.4, -0.2) is 38.3 Å². The number of hydrogen-bond acceptors (Lipinski definition) is 6. The average Bonchev–Trinajstić information content (AvgIpc) is 2.22. The van der Waals surface area contributed by atoms with Crippen molar-refractivity contribution >= 4 is 0 Å². The summed E-state index contributed by atoms with van der Waals surface area (Å²) >= 11 is 0. The first-order chi connectivity index (χ1) is 6.80. The smallest absolute Gasteiger partial charge is 0.0221 e. The number of rotatable bonds is 5. The van der Waals surface area contributed by atoms with Crippen LogP contribution < -0.4 is 34.4 Å². The summed E-state index contributed by atoms with van der Waals surface area (Å²) in [5, 5.41) is 0. The summed E-state index contributed by atoms with van der Waals surface area (Å²) in [5.41, 5.74) is 31.8. The summed E-state index contributed by atoms with van der Waals surface area (Å²) in [4.78, 5) is 0. The van der Waals surface area contributed by atoms with Crippen LogP contribution in [0.5, 0.6) is 0 Å². The van der Waals surface area contributed by atoms with E-state index in [1.807, 2.05) is 13.8 Å². The van der Waals surface area contributed by atoms with Gasteiger partial charge in [-0.3, -0.25) is 0 Å². The maximum absolute atomic E-state index is 5.41. The minimum atomic E-state index is -0.222. The normalized spacial score (nSPS) is 12.0. The molecule has 0 aromatic carbocycles. The standard InChI is InChI=1S/C5H16N4.C4H12N2/c6-1-5(2-7,3-8)4-9;1-4(2,6)3-5/h1-4,6-9H2;3,5-6H2,1-2H3. The highest BCUT2D eigenvalue weighted by atomic mass is 14.8. The van der Waals surface area contributed by atoms with Gasteiger partial charge in [0.2, 0.25) is 0 Å². The van der Waals surface area contributed by atoms with Crippen LogP contribution in [0.1, 0.15) is 13.8 Å². The molecule has 0 aliphatic carbocycles. The monoisotopic (exact) mass is 220 g/mol. The predicted octanol–water partition coefficient (Wildman–Crippen LogP) is -2.51. The molecule has 0 rings (SSSR count). The van der Waals surface area contributed by atoms with Crippen molar-refractivity contribution in [1.29, 1.82) is 0 Å². The van der Waals surface area contributed by atoms with Crippen molar-refractivity contribution in [3.8, 4) is 0 Å². The second-order valence-corrected chi connectivity index (χ2v) is 4.51. The van der Waals surface area contributed by atoms with Crippen molar-refractivity contribution in [2.45, 2.75) is 19.4 Å². The van der Waals surface area contributed by atoms with E-state index in [1.54, 1.807) is 0 Å². The lowest BCUT2D eigenvalue weighted by Gasteiger charge is -2.26. The van der Waals surface area contributed by atoms with E-state index in [0.717, 1.165) is 0 Å². The Morgan fingerprint density at radius 1 is 0.667 bits per heavy atom. The highest BCUT2D eigenvalue weighted by Crippen LogP contribution is 2.06. The molecule has 12 N–H and O–H groups in total.